The predicted octanol–water partition coefficient (Wildman–Crippen LogP) is 3.93. The van der Waals surface area contributed by atoms with Crippen molar-refractivity contribution in [3.8, 4) is 6.07 Å². The molecule has 0 bridgehead atoms. The van der Waals surface area contributed by atoms with Gasteiger partial charge in [0.1, 0.15) is 18.1 Å². The molecule has 2 aromatic carbocycles. The summed E-state index contributed by atoms with van der Waals surface area (Å²) in [5.74, 6) is 0.259. The summed E-state index contributed by atoms with van der Waals surface area (Å²) >= 11 is 0. The SMILES string of the molecule is CC(CC(C#N)(Cn1cncn1)c1ccccc1)c1ccccc1. The van der Waals surface area contributed by atoms with E-state index >= 15 is 0 Å². The number of nitrogens with zero attached hydrogens (tertiary/aromatic N) is 4. The van der Waals surface area contributed by atoms with Crippen LogP contribution in [0.15, 0.2) is 73.3 Å². The maximum atomic E-state index is 10.1. The fraction of sp³-hybridized carbons (Fsp3) is 0.250. The van der Waals surface area contributed by atoms with Crippen LogP contribution in [0.4, 0.5) is 0 Å². The van der Waals surface area contributed by atoms with Crippen LogP contribution in [-0.2, 0) is 12.0 Å². The molecule has 0 saturated heterocycles. The van der Waals surface area contributed by atoms with E-state index in [4.69, 9.17) is 0 Å². The summed E-state index contributed by atoms with van der Waals surface area (Å²) in [5.41, 5.74) is 1.61. The van der Waals surface area contributed by atoms with Gasteiger partial charge < -0.3 is 0 Å². The molecule has 0 amide bonds. The van der Waals surface area contributed by atoms with Crippen LogP contribution in [0.1, 0.15) is 30.4 Å². The summed E-state index contributed by atoms with van der Waals surface area (Å²) in [6.45, 7) is 2.66. The molecule has 2 unspecified atom stereocenters. The summed E-state index contributed by atoms with van der Waals surface area (Å²) in [7, 11) is 0. The highest BCUT2D eigenvalue weighted by molar-refractivity contribution is 5.34. The molecule has 0 aliphatic rings. The fourth-order valence-electron chi connectivity index (χ4n) is 3.19. The Morgan fingerprint density at radius 3 is 2.33 bits per heavy atom. The van der Waals surface area contributed by atoms with Gasteiger partial charge >= 0.3 is 0 Å². The number of nitriles is 1. The van der Waals surface area contributed by atoms with E-state index < -0.39 is 5.41 Å². The summed E-state index contributed by atoms with van der Waals surface area (Å²) in [6, 6.07) is 22.9. The summed E-state index contributed by atoms with van der Waals surface area (Å²) in [5, 5.41) is 14.3. The first-order chi connectivity index (χ1) is 11.7. The van der Waals surface area contributed by atoms with Crippen molar-refractivity contribution in [2.45, 2.75) is 31.2 Å². The fourth-order valence-corrected chi connectivity index (χ4v) is 3.19. The molecule has 0 N–H and O–H groups in total. The molecule has 120 valence electrons. The van der Waals surface area contributed by atoms with Crippen molar-refractivity contribution in [2.24, 2.45) is 0 Å². The first-order valence-corrected chi connectivity index (χ1v) is 8.08. The van der Waals surface area contributed by atoms with Crippen LogP contribution in [0.2, 0.25) is 0 Å². The lowest BCUT2D eigenvalue weighted by Crippen LogP contribution is -2.32. The minimum absolute atomic E-state index is 0.259. The molecular formula is C20H20N4. The molecule has 0 fully saturated rings. The molecule has 0 radical (unpaired) electrons. The average molecular weight is 316 g/mol. The van der Waals surface area contributed by atoms with Gasteiger partial charge in [0.25, 0.3) is 0 Å². The largest absolute Gasteiger partial charge is 0.251 e. The molecule has 3 rings (SSSR count). The molecule has 0 aliphatic heterocycles. The van der Waals surface area contributed by atoms with Crippen molar-refractivity contribution in [2.75, 3.05) is 0 Å². The average Bonchev–Trinajstić information content (AvgIpc) is 3.15. The predicted molar refractivity (Wildman–Crippen MR) is 93.2 cm³/mol. The first-order valence-electron chi connectivity index (χ1n) is 8.08. The van der Waals surface area contributed by atoms with E-state index in [9.17, 15) is 5.26 Å². The van der Waals surface area contributed by atoms with Gasteiger partial charge in [0, 0.05) is 0 Å². The molecule has 4 heteroatoms. The lowest BCUT2D eigenvalue weighted by Gasteiger charge is -2.30. The summed E-state index contributed by atoms with van der Waals surface area (Å²) < 4.78 is 1.74. The molecule has 0 saturated carbocycles. The van der Waals surface area contributed by atoms with Crippen molar-refractivity contribution in [3.05, 3.63) is 84.4 Å². The van der Waals surface area contributed by atoms with Crippen LogP contribution in [0.25, 0.3) is 0 Å². The minimum atomic E-state index is -0.649. The maximum absolute atomic E-state index is 10.1. The van der Waals surface area contributed by atoms with Gasteiger partial charge in [0.15, 0.2) is 0 Å². The van der Waals surface area contributed by atoms with Gasteiger partial charge in [-0.3, -0.25) is 4.68 Å². The van der Waals surface area contributed by atoms with Crippen molar-refractivity contribution < 1.29 is 0 Å². The minimum Gasteiger partial charge on any atom is -0.251 e. The second-order valence-electron chi connectivity index (χ2n) is 6.17. The quantitative estimate of drug-likeness (QED) is 0.692. The van der Waals surface area contributed by atoms with E-state index in [0.717, 1.165) is 12.0 Å². The van der Waals surface area contributed by atoms with Crippen LogP contribution in [-0.4, -0.2) is 14.8 Å². The molecular weight excluding hydrogens is 296 g/mol. The Labute approximate surface area is 142 Å². The van der Waals surface area contributed by atoms with Gasteiger partial charge in [-0.1, -0.05) is 67.6 Å². The highest BCUT2D eigenvalue weighted by atomic mass is 15.3. The highest BCUT2D eigenvalue weighted by Gasteiger charge is 2.35. The Hall–Kier alpha value is -2.93. The third kappa shape index (κ3) is 3.36. The molecule has 3 aromatic rings. The number of aromatic nitrogens is 3. The van der Waals surface area contributed by atoms with Crippen LogP contribution in [0.3, 0.4) is 0 Å². The number of hydrogen-bond donors (Lipinski definition) is 0. The first kappa shape index (κ1) is 15.9. The van der Waals surface area contributed by atoms with E-state index in [0.29, 0.717) is 6.54 Å². The molecule has 1 heterocycles. The number of benzene rings is 2. The van der Waals surface area contributed by atoms with Crippen molar-refractivity contribution in [3.63, 3.8) is 0 Å². The monoisotopic (exact) mass is 316 g/mol. The smallest absolute Gasteiger partial charge is 0.137 e. The molecule has 0 spiro atoms. The Kier molecular flexibility index (Phi) is 4.72. The van der Waals surface area contributed by atoms with Gasteiger partial charge in [0.2, 0.25) is 0 Å². The second kappa shape index (κ2) is 7.10. The van der Waals surface area contributed by atoms with Crippen LogP contribution >= 0.6 is 0 Å². The van der Waals surface area contributed by atoms with Gasteiger partial charge in [-0.2, -0.15) is 10.4 Å². The highest BCUT2D eigenvalue weighted by Crippen LogP contribution is 2.36. The Morgan fingerprint density at radius 1 is 1.08 bits per heavy atom. The Bertz CT molecular complexity index is 791. The van der Waals surface area contributed by atoms with Crippen molar-refractivity contribution >= 4 is 0 Å². The normalized spacial score (nSPS) is 14.5. The molecule has 24 heavy (non-hydrogen) atoms. The van der Waals surface area contributed by atoms with Gasteiger partial charge in [-0.25, -0.2) is 4.98 Å². The topological polar surface area (TPSA) is 54.5 Å². The molecule has 4 nitrogen and oxygen atoms in total. The lowest BCUT2D eigenvalue weighted by molar-refractivity contribution is 0.378. The molecule has 1 aromatic heterocycles. The van der Waals surface area contributed by atoms with Gasteiger partial charge in [-0.15, -0.1) is 0 Å². The van der Waals surface area contributed by atoms with Crippen molar-refractivity contribution in [1.29, 1.82) is 5.26 Å². The van der Waals surface area contributed by atoms with Gasteiger partial charge in [0.05, 0.1) is 12.6 Å². The van der Waals surface area contributed by atoms with E-state index in [-0.39, 0.29) is 5.92 Å². The standard InChI is InChI=1S/C20H20N4/c1-17(18-8-4-2-5-9-18)12-20(13-21,14-24-16-22-15-23-24)19-10-6-3-7-11-19/h2-11,15-17H,12,14H2,1H3. The lowest BCUT2D eigenvalue weighted by atomic mass is 9.73. The zero-order valence-electron chi connectivity index (χ0n) is 13.7. The van der Waals surface area contributed by atoms with Crippen molar-refractivity contribution in [1.82, 2.24) is 14.8 Å². The maximum Gasteiger partial charge on any atom is 0.137 e. The van der Waals surface area contributed by atoms with Gasteiger partial charge in [-0.05, 0) is 23.5 Å². The number of hydrogen-bond acceptors (Lipinski definition) is 3. The number of rotatable bonds is 6. The third-order valence-corrected chi connectivity index (χ3v) is 4.46. The summed E-state index contributed by atoms with van der Waals surface area (Å²) in [4.78, 5) is 4.01. The summed E-state index contributed by atoms with van der Waals surface area (Å²) in [6.07, 6.45) is 3.90. The third-order valence-electron chi connectivity index (χ3n) is 4.46. The molecule has 0 aliphatic carbocycles. The van der Waals surface area contributed by atoms with Crippen LogP contribution in [0.5, 0.6) is 0 Å². The van der Waals surface area contributed by atoms with E-state index in [1.54, 1.807) is 11.0 Å². The van der Waals surface area contributed by atoms with E-state index in [1.165, 1.54) is 11.9 Å². The van der Waals surface area contributed by atoms with Crippen LogP contribution in [0, 0.1) is 11.3 Å². The van der Waals surface area contributed by atoms with Crippen LogP contribution < -0.4 is 0 Å². The Morgan fingerprint density at radius 2 is 1.75 bits per heavy atom. The second-order valence-corrected chi connectivity index (χ2v) is 6.17. The van der Waals surface area contributed by atoms with E-state index in [1.807, 2.05) is 48.5 Å². The Balaban J connectivity index is 1.96. The van der Waals surface area contributed by atoms with E-state index in [2.05, 4.69) is 35.2 Å². The zero-order valence-corrected chi connectivity index (χ0v) is 13.7. The zero-order chi connectivity index (χ0) is 16.8. The molecule has 2 atom stereocenters.